The van der Waals surface area contributed by atoms with Crippen LogP contribution in [0.1, 0.15) is 91.0 Å². The van der Waals surface area contributed by atoms with Crippen molar-refractivity contribution in [2.24, 2.45) is 17.8 Å². The Balaban J connectivity index is 1.59. The van der Waals surface area contributed by atoms with Crippen molar-refractivity contribution >= 4 is 35.5 Å². The third-order valence-electron chi connectivity index (χ3n) is 7.54. The van der Waals surface area contributed by atoms with Crippen LogP contribution in [0, 0.1) is 36.0 Å². The quantitative estimate of drug-likeness (QED) is 0.128. The summed E-state index contributed by atoms with van der Waals surface area (Å²) in [6.45, 7) is 9.44. The number of nitrogens with zero attached hydrogens (tertiary/aromatic N) is 1. The molecule has 1 heterocycles. The van der Waals surface area contributed by atoms with Gasteiger partial charge in [0.2, 0.25) is 0 Å². The summed E-state index contributed by atoms with van der Waals surface area (Å²) < 4.78 is 11.6. The summed E-state index contributed by atoms with van der Waals surface area (Å²) in [5.74, 6) is 0.981. The number of benzene rings is 1. The highest BCUT2D eigenvalue weighted by Gasteiger charge is 2.31. The summed E-state index contributed by atoms with van der Waals surface area (Å²) in [5.41, 5.74) is -0.0649. The van der Waals surface area contributed by atoms with Gasteiger partial charge >= 0.3 is 11.9 Å². The molecule has 1 aromatic rings. The van der Waals surface area contributed by atoms with Crippen molar-refractivity contribution in [2.75, 3.05) is 6.61 Å². The molecule has 0 bridgehead atoms. The Labute approximate surface area is 235 Å². The number of aliphatic hydroxyl groups is 1. The summed E-state index contributed by atoms with van der Waals surface area (Å²) in [7, 11) is 0. The van der Waals surface area contributed by atoms with Crippen LogP contribution in [-0.4, -0.2) is 29.3 Å². The first-order valence-electron chi connectivity index (χ1n) is 13.8. The Morgan fingerprint density at radius 3 is 2.45 bits per heavy atom. The first kappa shape index (κ1) is 30.6. The van der Waals surface area contributed by atoms with Crippen LogP contribution in [-0.2, 0) is 14.3 Å². The summed E-state index contributed by atoms with van der Waals surface area (Å²) in [4.78, 5) is 27.2. The molecular weight excluding hydrogens is 518 g/mol. The molecule has 1 fully saturated rings. The van der Waals surface area contributed by atoms with E-state index in [9.17, 15) is 20.0 Å². The Kier molecular flexibility index (Phi) is 11.2. The Morgan fingerprint density at radius 1 is 1.16 bits per heavy atom. The number of carbonyl (C=O) groups is 2. The van der Waals surface area contributed by atoms with Gasteiger partial charge in [-0.3, -0.25) is 4.79 Å². The van der Waals surface area contributed by atoms with Crippen molar-refractivity contribution in [1.82, 2.24) is 0 Å². The molecule has 0 radical (unpaired) electrons. The fourth-order valence-corrected chi connectivity index (χ4v) is 7.50. The minimum Gasteiger partial charge on any atom is -0.461 e. The number of fused-ring (bicyclic) bond motifs is 1. The number of hydrogen-bond acceptors (Lipinski definition) is 8. The number of rotatable bonds is 11. The summed E-state index contributed by atoms with van der Waals surface area (Å²) in [6, 6.07) is 5.65. The molecule has 208 valence electrons. The SMILES string of the molecule is CCC1CCC(CCCC(C)C(=O)Oc2ccc(C)c3c2S/C(=C(/C#N)C(=O)OCCC(C)(C)O)S3)CC1. The molecular formula is C30H41NO5S2. The highest BCUT2D eigenvalue weighted by Crippen LogP contribution is 2.57. The lowest BCUT2D eigenvalue weighted by Crippen LogP contribution is -2.22. The van der Waals surface area contributed by atoms with Crippen LogP contribution in [0.3, 0.4) is 0 Å². The third kappa shape index (κ3) is 8.53. The molecule has 1 aliphatic carbocycles. The van der Waals surface area contributed by atoms with E-state index >= 15 is 0 Å². The van der Waals surface area contributed by atoms with Gasteiger partial charge in [-0.25, -0.2) is 4.79 Å². The Bertz CT molecular complexity index is 1080. The maximum Gasteiger partial charge on any atom is 0.350 e. The predicted octanol–water partition coefficient (Wildman–Crippen LogP) is 7.56. The van der Waals surface area contributed by atoms with Crippen LogP contribution < -0.4 is 4.74 Å². The van der Waals surface area contributed by atoms with Gasteiger partial charge in [0.25, 0.3) is 0 Å². The summed E-state index contributed by atoms with van der Waals surface area (Å²) in [5, 5.41) is 19.5. The van der Waals surface area contributed by atoms with Crippen molar-refractivity contribution in [2.45, 2.75) is 108 Å². The summed E-state index contributed by atoms with van der Waals surface area (Å²) in [6.07, 6.45) is 9.89. The molecule has 6 nitrogen and oxygen atoms in total. The zero-order chi connectivity index (χ0) is 27.9. The molecule has 2 aliphatic rings. The van der Waals surface area contributed by atoms with Gasteiger partial charge in [-0.15, -0.1) is 0 Å². The number of ether oxygens (including phenoxy) is 2. The highest BCUT2D eigenvalue weighted by molar-refractivity contribution is 8.24. The molecule has 8 heteroatoms. The van der Waals surface area contributed by atoms with Crippen LogP contribution in [0.15, 0.2) is 31.7 Å². The maximum absolute atomic E-state index is 12.9. The lowest BCUT2D eigenvalue weighted by atomic mass is 9.78. The smallest absolute Gasteiger partial charge is 0.350 e. The molecule has 0 spiro atoms. The molecule has 1 atom stereocenters. The van der Waals surface area contributed by atoms with Gasteiger partial charge in [-0.05, 0) is 50.7 Å². The van der Waals surface area contributed by atoms with Crippen LogP contribution in [0.4, 0.5) is 0 Å². The minimum absolute atomic E-state index is 0.0167. The van der Waals surface area contributed by atoms with Crippen LogP contribution in [0.25, 0.3) is 0 Å². The lowest BCUT2D eigenvalue weighted by Gasteiger charge is -2.27. The summed E-state index contributed by atoms with van der Waals surface area (Å²) >= 11 is 2.58. The van der Waals surface area contributed by atoms with Gasteiger partial charge < -0.3 is 14.6 Å². The van der Waals surface area contributed by atoms with E-state index in [1.807, 2.05) is 26.0 Å². The third-order valence-corrected chi connectivity index (χ3v) is 10.3. The number of carbonyl (C=O) groups excluding carboxylic acids is 2. The van der Waals surface area contributed by atoms with Crippen molar-refractivity contribution in [3.05, 3.63) is 27.5 Å². The van der Waals surface area contributed by atoms with Gasteiger partial charge in [0.15, 0.2) is 5.57 Å². The second-order valence-electron chi connectivity index (χ2n) is 11.3. The van der Waals surface area contributed by atoms with E-state index in [1.165, 1.54) is 62.0 Å². The van der Waals surface area contributed by atoms with E-state index < -0.39 is 11.6 Å². The molecule has 1 aromatic carbocycles. The fourth-order valence-electron chi connectivity index (χ4n) is 4.86. The molecule has 0 aromatic heterocycles. The zero-order valence-electron chi connectivity index (χ0n) is 23.3. The Hall–Kier alpha value is -1.95. The first-order chi connectivity index (χ1) is 18.0. The molecule has 3 rings (SSSR count). The molecule has 1 aliphatic heterocycles. The van der Waals surface area contributed by atoms with Crippen LogP contribution in [0.2, 0.25) is 0 Å². The molecule has 1 N–H and O–H groups in total. The van der Waals surface area contributed by atoms with E-state index in [0.717, 1.165) is 40.0 Å². The monoisotopic (exact) mass is 559 g/mol. The van der Waals surface area contributed by atoms with E-state index in [2.05, 4.69) is 6.92 Å². The van der Waals surface area contributed by atoms with Gasteiger partial charge in [0, 0.05) is 11.3 Å². The molecule has 38 heavy (non-hydrogen) atoms. The van der Waals surface area contributed by atoms with E-state index in [0.29, 0.717) is 9.99 Å². The average molecular weight is 560 g/mol. The van der Waals surface area contributed by atoms with E-state index in [1.54, 1.807) is 19.9 Å². The first-order valence-corrected chi connectivity index (χ1v) is 15.4. The van der Waals surface area contributed by atoms with Gasteiger partial charge in [-0.1, -0.05) is 88.4 Å². The highest BCUT2D eigenvalue weighted by atomic mass is 32.2. The van der Waals surface area contributed by atoms with Gasteiger partial charge in [-0.2, -0.15) is 5.26 Å². The predicted molar refractivity (Wildman–Crippen MR) is 152 cm³/mol. The molecule has 0 saturated heterocycles. The topological polar surface area (TPSA) is 96.6 Å². The molecule has 1 unspecified atom stereocenters. The number of nitriles is 1. The van der Waals surface area contributed by atoms with Crippen molar-refractivity contribution < 1.29 is 24.2 Å². The average Bonchev–Trinajstić information content (AvgIpc) is 3.32. The second kappa shape index (κ2) is 13.9. The molecule has 0 amide bonds. The lowest BCUT2D eigenvalue weighted by molar-refractivity contribution is -0.140. The van der Waals surface area contributed by atoms with Crippen LogP contribution >= 0.6 is 23.5 Å². The normalized spacial score (nSPS) is 21.3. The van der Waals surface area contributed by atoms with E-state index in [4.69, 9.17) is 9.47 Å². The van der Waals surface area contributed by atoms with Crippen molar-refractivity contribution in [3.8, 4) is 11.8 Å². The number of aryl methyl sites for hydroxylation is 1. The number of thioether (sulfide) groups is 2. The standard InChI is InChI=1S/C30H41NO5S2/c1-6-21-11-13-22(14-12-21)9-7-8-20(3)27(32)36-24-15-10-19(2)25-26(24)38-29(37-25)23(18-31)28(33)35-17-16-30(4,5)34/h10,15,20-22,34H,6-9,11-14,16-17H2,1-5H3/b29-23-. The van der Waals surface area contributed by atoms with Crippen molar-refractivity contribution in [3.63, 3.8) is 0 Å². The minimum atomic E-state index is -0.964. The fraction of sp³-hybridized carbons (Fsp3) is 0.633. The van der Waals surface area contributed by atoms with Gasteiger partial charge in [0.05, 0.1) is 27.3 Å². The van der Waals surface area contributed by atoms with Crippen LogP contribution in [0.5, 0.6) is 5.75 Å². The van der Waals surface area contributed by atoms with Crippen molar-refractivity contribution in [1.29, 1.82) is 5.26 Å². The number of esters is 2. The zero-order valence-corrected chi connectivity index (χ0v) is 24.9. The molecule has 1 saturated carbocycles. The maximum atomic E-state index is 12.9. The largest absolute Gasteiger partial charge is 0.461 e. The second-order valence-corrected chi connectivity index (χ2v) is 13.6. The van der Waals surface area contributed by atoms with E-state index in [-0.39, 0.29) is 30.5 Å². The van der Waals surface area contributed by atoms with Gasteiger partial charge in [0.1, 0.15) is 11.8 Å². The Morgan fingerprint density at radius 2 is 1.82 bits per heavy atom. The number of hydrogen-bond donors (Lipinski definition) is 1.